The Morgan fingerprint density at radius 2 is 1.71 bits per heavy atom. The van der Waals surface area contributed by atoms with E-state index >= 15 is 0 Å². The number of esters is 1. The van der Waals surface area contributed by atoms with Crippen molar-refractivity contribution in [3.8, 4) is 0 Å². The maximum atomic E-state index is 11.5. The van der Waals surface area contributed by atoms with Gasteiger partial charge in [-0.1, -0.05) is 31.5 Å². The molecule has 0 unspecified atom stereocenters. The first-order valence-electron chi connectivity index (χ1n) is 5.55. The van der Waals surface area contributed by atoms with E-state index in [1.54, 1.807) is 12.1 Å². The van der Waals surface area contributed by atoms with Crippen molar-refractivity contribution in [3.63, 3.8) is 0 Å². The first kappa shape index (κ1) is 15.2. The van der Waals surface area contributed by atoms with Crippen LogP contribution in [-0.2, 0) is 9.53 Å². The summed E-state index contributed by atoms with van der Waals surface area (Å²) >= 11 is 0. The normalized spacial score (nSPS) is 8.71. The minimum Gasteiger partial charge on any atom is -0.468 e. The summed E-state index contributed by atoms with van der Waals surface area (Å²) in [5, 5.41) is 2.46. The van der Waals surface area contributed by atoms with E-state index in [1.165, 1.54) is 7.11 Å². The van der Waals surface area contributed by atoms with Crippen LogP contribution in [0.5, 0.6) is 0 Å². The smallest absolute Gasteiger partial charge is 0.325 e. The van der Waals surface area contributed by atoms with Gasteiger partial charge < -0.3 is 10.1 Å². The molecule has 0 radical (unpaired) electrons. The van der Waals surface area contributed by atoms with Crippen molar-refractivity contribution in [3.05, 3.63) is 35.4 Å². The summed E-state index contributed by atoms with van der Waals surface area (Å²) in [6, 6.07) is 7.10. The number of methoxy groups -OCH3 is 1. The van der Waals surface area contributed by atoms with Crippen molar-refractivity contribution in [1.29, 1.82) is 0 Å². The highest BCUT2D eigenvalue weighted by Crippen LogP contribution is 2.02. The van der Waals surface area contributed by atoms with E-state index in [9.17, 15) is 9.59 Å². The molecule has 0 aliphatic carbocycles. The minimum atomic E-state index is -0.463. The molecular weight excluding hydrogens is 218 g/mol. The lowest BCUT2D eigenvalue weighted by atomic mass is 10.1. The Morgan fingerprint density at radius 3 is 2.18 bits per heavy atom. The van der Waals surface area contributed by atoms with Gasteiger partial charge in [-0.05, 0) is 19.1 Å². The molecule has 1 amide bonds. The summed E-state index contributed by atoms with van der Waals surface area (Å²) in [4.78, 5) is 22.2. The average Bonchev–Trinajstić information content (AvgIpc) is 2.38. The molecule has 0 aliphatic heterocycles. The Labute approximate surface area is 102 Å². The standard InChI is InChI=1S/C11H13NO3.C2H6/c1-8-3-5-9(6-4-8)11(14)12-7-10(13)15-2;1-2/h3-6H,7H2,1-2H3,(H,12,14);1-2H3. The lowest BCUT2D eigenvalue weighted by Crippen LogP contribution is -2.30. The van der Waals surface area contributed by atoms with Crippen LogP contribution in [0, 0.1) is 6.92 Å². The molecule has 0 heterocycles. The number of hydrogen-bond acceptors (Lipinski definition) is 3. The summed E-state index contributed by atoms with van der Waals surface area (Å²) in [6.07, 6.45) is 0. The van der Waals surface area contributed by atoms with Gasteiger partial charge in [-0.25, -0.2) is 0 Å². The molecule has 0 aliphatic rings. The Bertz CT molecular complexity index is 357. The van der Waals surface area contributed by atoms with Gasteiger partial charge in [0, 0.05) is 5.56 Å². The molecule has 0 saturated heterocycles. The predicted molar refractivity (Wildman–Crippen MR) is 66.9 cm³/mol. The second kappa shape index (κ2) is 8.33. The van der Waals surface area contributed by atoms with Crippen LogP contribution in [0.4, 0.5) is 0 Å². The lowest BCUT2D eigenvalue weighted by molar-refractivity contribution is -0.139. The Balaban J connectivity index is 0.00000121. The quantitative estimate of drug-likeness (QED) is 0.817. The van der Waals surface area contributed by atoms with E-state index in [1.807, 2.05) is 32.9 Å². The molecule has 1 aromatic carbocycles. The van der Waals surface area contributed by atoms with E-state index in [0.29, 0.717) is 5.56 Å². The number of amides is 1. The summed E-state index contributed by atoms with van der Waals surface area (Å²) in [5.41, 5.74) is 1.61. The molecule has 17 heavy (non-hydrogen) atoms. The van der Waals surface area contributed by atoms with Crippen LogP contribution in [0.2, 0.25) is 0 Å². The van der Waals surface area contributed by atoms with Crippen LogP contribution in [-0.4, -0.2) is 25.5 Å². The van der Waals surface area contributed by atoms with Crippen molar-refractivity contribution in [2.45, 2.75) is 20.8 Å². The lowest BCUT2D eigenvalue weighted by Gasteiger charge is -2.03. The number of aryl methyl sites for hydroxylation is 1. The van der Waals surface area contributed by atoms with Gasteiger partial charge in [0.1, 0.15) is 6.54 Å². The fourth-order valence-electron chi connectivity index (χ4n) is 1.03. The molecule has 1 rings (SSSR count). The van der Waals surface area contributed by atoms with Gasteiger partial charge in [-0.15, -0.1) is 0 Å². The van der Waals surface area contributed by atoms with Gasteiger partial charge in [0.2, 0.25) is 0 Å². The first-order chi connectivity index (χ1) is 8.13. The van der Waals surface area contributed by atoms with Crippen LogP contribution in [0.25, 0.3) is 0 Å². The highest BCUT2D eigenvalue weighted by atomic mass is 16.5. The van der Waals surface area contributed by atoms with Gasteiger partial charge in [0.15, 0.2) is 0 Å². The number of carbonyl (C=O) groups excluding carboxylic acids is 2. The van der Waals surface area contributed by atoms with Crippen LogP contribution >= 0.6 is 0 Å². The van der Waals surface area contributed by atoms with Crippen molar-refractivity contribution >= 4 is 11.9 Å². The monoisotopic (exact) mass is 237 g/mol. The SMILES string of the molecule is CC.COC(=O)CNC(=O)c1ccc(C)cc1. The number of ether oxygens (including phenoxy) is 1. The van der Waals surface area contributed by atoms with Crippen LogP contribution in [0.15, 0.2) is 24.3 Å². The molecular formula is C13H19NO3. The third-order valence-corrected chi connectivity index (χ3v) is 1.93. The fourth-order valence-corrected chi connectivity index (χ4v) is 1.03. The van der Waals surface area contributed by atoms with Crippen molar-refractivity contribution < 1.29 is 14.3 Å². The third-order valence-electron chi connectivity index (χ3n) is 1.93. The molecule has 94 valence electrons. The van der Waals surface area contributed by atoms with Crippen LogP contribution < -0.4 is 5.32 Å². The second-order valence-corrected chi connectivity index (χ2v) is 3.12. The number of carbonyl (C=O) groups is 2. The van der Waals surface area contributed by atoms with E-state index in [0.717, 1.165) is 5.56 Å². The molecule has 0 fully saturated rings. The van der Waals surface area contributed by atoms with Crippen molar-refractivity contribution in [2.24, 2.45) is 0 Å². The zero-order valence-corrected chi connectivity index (χ0v) is 10.7. The summed E-state index contributed by atoms with van der Waals surface area (Å²) < 4.78 is 4.40. The molecule has 4 heteroatoms. The molecule has 0 atom stereocenters. The van der Waals surface area contributed by atoms with Gasteiger partial charge in [0.05, 0.1) is 7.11 Å². The fraction of sp³-hybridized carbons (Fsp3) is 0.385. The maximum Gasteiger partial charge on any atom is 0.325 e. The largest absolute Gasteiger partial charge is 0.468 e. The van der Waals surface area contributed by atoms with Gasteiger partial charge in [0.25, 0.3) is 5.91 Å². The van der Waals surface area contributed by atoms with Crippen molar-refractivity contribution in [2.75, 3.05) is 13.7 Å². The van der Waals surface area contributed by atoms with Crippen LogP contribution in [0.1, 0.15) is 29.8 Å². The number of nitrogens with one attached hydrogen (secondary N) is 1. The summed E-state index contributed by atoms with van der Waals surface area (Å²) in [6.45, 7) is 5.83. The van der Waals surface area contributed by atoms with E-state index in [4.69, 9.17) is 0 Å². The topological polar surface area (TPSA) is 55.4 Å². The summed E-state index contributed by atoms with van der Waals surface area (Å²) in [7, 11) is 1.28. The Hall–Kier alpha value is -1.84. The zero-order chi connectivity index (χ0) is 13.3. The van der Waals surface area contributed by atoms with Gasteiger partial charge in [-0.2, -0.15) is 0 Å². The van der Waals surface area contributed by atoms with Crippen LogP contribution in [0.3, 0.4) is 0 Å². The molecule has 4 nitrogen and oxygen atoms in total. The predicted octanol–water partition coefficient (Wildman–Crippen LogP) is 1.92. The Kier molecular flexibility index (Phi) is 7.43. The molecule has 0 bridgehead atoms. The zero-order valence-electron chi connectivity index (χ0n) is 10.7. The maximum absolute atomic E-state index is 11.5. The van der Waals surface area contributed by atoms with Crippen molar-refractivity contribution in [1.82, 2.24) is 5.32 Å². The minimum absolute atomic E-state index is 0.108. The molecule has 0 saturated carbocycles. The molecule has 0 spiro atoms. The van der Waals surface area contributed by atoms with Gasteiger partial charge in [-0.3, -0.25) is 9.59 Å². The first-order valence-corrected chi connectivity index (χ1v) is 5.55. The summed E-state index contributed by atoms with van der Waals surface area (Å²) in [5.74, 6) is -0.740. The van der Waals surface area contributed by atoms with E-state index in [-0.39, 0.29) is 12.5 Å². The highest BCUT2D eigenvalue weighted by Gasteiger charge is 2.06. The molecule has 1 aromatic rings. The second-order valence-electron chi connectivity index (χ2n) is 3.12. The third kappa shape index (κ3) is 5.70. The van der Waals surface area contributed by atoms with E-state index < -0.39 is 5.97 Å². The molecule has 1 N–H and O–H groups in total. The Morgan fingerprint density at radius 1 is 1.18 bits per heavy atom. The number of hydrogen-bond donors (Lipinski definition) is 1. The number of rotatable bonds is 3. The highest BCUT2D eigenvalue weighted by molar-refractivity contribution is 5.95. The number of benzene rings is 1. The van der Waals surface area contributed by atoms with E-state index in [2.05, 4.69) is 10.1 Å². The van der Waals surface area contributed by atoms with Gasteiger partial charge >= 0.3 is 5.97 Å². The average molecular weight is 237 g/mol. The molecule has 0 aromatic heterocycles.